The lowest BCUT2D eigenvalue weighted by molar-refractivity contribution is -0.153. The highest BCUT2D eigenvalue weighted by molar-refractivity contribution is 6.24. The number of hydrogen-bond donors (Lipinski definition) is 5. The monoisotopic (exact) mass is 484 g/mol. The van der Waals surface area contributed by atoms with E-state index in [9.17, 15) is 34.8 Å². The molecule has 188 valence electrons. The second-order valence-corrected chi connectivity index (χ2v) is 11.2. The van der Waals surface area contributed by atoms with E-state index in [1.165, 1.54) is 4.90 Å². The number of aliphatic hydroxyl groups is 3. The maximum absolute atomic E-state index is 13.8. The number of Topliss-reactive ketones (excluding diaryl/α,β-unsaturated/α-hetero) is 2. The molecule has 0 saturated heterocycles. The van der Waals surface area contributed by atoms with Crippen LogP contribution in [0.3, 0.4) is 0 Å². The number of nitrogens with zero attached hydrogens (tertiary/aromatic N) is 1. The first-order chi connectivity index (χ1) is 16.0. The summed E-state index contributed by atoms with van der Waals surface area (Å²) < 4.78 is 0. The van der Waals surface area contributed by atoms with Gasteiger partial charge in [-0.1, -0.05) is 26.8 Å². The van der Waals surface area contributed by atoms with Crippen molar-refractivity contribution in [2.24, 2.45) is 17.6 Å². The van der Waals surface area contributed by atoms with Crippen molar-refractivity contribution in [2.45, 2.75) is 57.6 Å². The van der Waals surface area contributed by atoms with Gasteiger partial charge in [-0.25, -0.2) is 0 Å². The van der Waals surface area contributed by atoms with Crippen LogP contribution >= 0.6 is 0 Å². The average molecular weight is 485 g/mol. The average Bonchev–Trinajstić information content (AvgIpc) is 2.71. The number of aryl methyl sites for hydroxylation is 1. The van der Waals surface area contributed by atoms with Gasteiger partial charge in [0.25, 0.3) is 5.91 Å². The number of hydrogen-bond acceptors (Lipinski definition) is 8. The summed E-state index contributed by atoms with van der Waals surface area (Å²) in [5.74, 6) is -6.37. The van der Waals surface area contributed by atoms with Crippen LogP contribution in [0.25, 0.3) is 5.76 Å². The minimum absolute atomic E-state index is 0.0764. The predicted octanol–water partition coefficient (Wildman–Crippen LogP) is 1.57. The Balaban J connectivity index is 2.00. The Hall–Kier alpha value is -3.17. The summed E-state index contributed by atoms with van der Waals surface area (Å²) in [7, 11) is 3.15. The number of benzene rings is 1. The number of likely N-dealkylation sites (N-methyl/N-ethyl adjacent to an activating group) is 1. The summed E-state index contributed by atoms with van der Waals surface area (Å²) in [5, 5.41) is 45.0. The fourth-order valence-corrected chi connectivity index (χ4v) is 6.07. The van der Waals surface area contributed by atoms with Crippen LogP contribution in [0.4, 0.5) is 0 Å². The summed E-state index contributed by atoms with van der Waals surface area (Å²) >= 11 is 0. The molecule has 1 aromatic rings. The number of aromatic hydroxyl groups is 1. The normalized spacial score (nSPS) is 28.7. The number of carbonyl (C=O) groups is 3. The van der Waals surface area contributed by atoms with Crippen molar-refractivity contribution in [3.63, 3.8) is 0 Å². The Labute approximate surface area is 203 Å². The molecule has 0 heterocycles. The number of aliphatic hydroxyl groups excluding tert-OH is 2. The first-order valence-corrected chi connectivity index (χ1v) is 11.6. The van der Waals surface area contributed by atoms with Crippen LogP contribution in [-0.2, 0) is 26.2 Å². The van der Waals surface area contributed by atoms with E-state index in [0.717, 1.165) is 5.56 Å². The first kappa shape index (κ1) is 24.9. The second-order valence-electron chi connectivity index (χ2n) is 11.2. The third kappa shape index (κ3) is 3.25. The third-order valence-electron chi connectivity index (χ3n) is 7.75. The summed E-state index contributed by atoms with van der Waals surface area (Å²) in [6.45, 7) is 7.61. The molecule has 1 fully saturated rings. The number of nitrogens with two attached hydrogens (primary N) is 1. The molecule has 0 radical (unpaired) electrons. The standard InChI is InChI=1S/C26H32N2O7/c1-10-7-14(25(2,3)4)19(29)16-12(10)8-11-9-13-18(28(5)6)21(31)17(24(27)34)23(33)26(13,35)22(32)15(11)20(16)30/h7,11,13,18,29-30,33,35H,8-9H2,1-6H3,(H2,27,34)/t11-,13+,18+,26+/m0/s1. The summed E-state index contributed by atoms with van der Waals surface area (Å²) in [6.07, 6.45) is 0.366. The van der Waals surface area contributed by atoms with E-state index in [2.05, 4.69) is 0 Å². The van der Waals surface area contributed by atoms with E-state index in [1.54, 1.807) is 14.1 Å². The zero-order valence-electron chi connectivity index (χ0n) is 20.8. The maximum atomic E-state index is 13.8. The molecule has 35 heavy (non-hydrogen) atoms. The van der Waals surface area contributed by atoms with Gasteiger partial charge in [0.1, 0.15) is 22.8 Å². The van der Waals surface area contributed by atoms with Crippen LogP contribution in [0.15, 0.2) is 23.0 Å². The number of phenolic OH excluding ortho intramolecular Hbond substituents is 1. The van der Waals surface area contributed by atoms with E-state index < -0.39 is 63.5 Å². The van der Waals surface area contributed by atoms with E-state index in [0.29, 0.717) is 17.5 Å². The van der Waals surface area contributed by atoms with Gasteiger partial charge in [0.05, 0.1) is 11.6 Å². The Morgan fingerprint density at radius 3 is 2.29 bits per heavy atom. The van der Waals surface area contributed by atoms with Crippen molar-refractivity contribution in [3.8, 4) is 5.75 Å². The van der Waals surface area contributed by atoms with Crippen molar-refractivity contribution < 1.29 is 34.8 Å². The molecule has 0 aromatic heterocycles. The minimum atomic E-state index is -2.63. The van der Waals surface area contributed by atoms with Gasteiger partial charge in [0.15, 0.2) is 11.4 Å². The quantitative estimate of drug-likeness (QED) is 0.395. The number of fused-ring (bicyclic) bond motifs is 3. The van der Waals surface area contributed by atoms with Gasteiger partial charge >= 0.3 is 0 Å². The highest BCUT2D eigenvalue weighted by Crippen LogP contribution is 2.53. The minimum Gasteiger partial charge on any atom is -0.508 e. The van der Waals surface area contributed by atoms with E-state index in [-0.39, 0.29) is 23.3 Å². The summed E-state index contributed by atoms with van der Waals surface area (Å²) in [5.41, 5.74) is 3.54. The first-order valence-electron chi connectivity index (χ1n) is 11.6. The molecule has 4 rings (SSSR count). The van der Waals surface area contributed by atoms with Gasteiger partial charge in [0, 0.05) is 17.1 Å². The smallest absolute Gasteiger partial charge is 0.255 e. The molecule has 3 aliphatic rings. The molecule has 0 spiro atoms. The Morgan fingerprint density at radius 2 is 1.77 bits per heavy atom. The van der Waals surface area contributed by atoms with Gasteiger partial charge < -0.3 is 26.2 Å². The van der Waals surface area contributed by atoms with Crippen LogP contribution in [0.5, 0.6) is 5.75 Å². The molecule has 1 amide bonds. The van der Waals surface area contributed by atoms with Crippen molar-refractivity contribution >= 4 is 23.2 Å². The molecule has 0 bridgehead atoms. The molecule has 6 N–H and O–H groups in total. The lowest BCUT2D eigenvalue weighted by Crippen LogP contribution is -2.65. The summed E-state index contributed by atoms with van der Waals surface area (Å²) in [6, 6.07) is 0.777. The molecular weight excluding hydrogens is 452 g/mol. The van der Waals surface area contributed by atoms with Crippen molar-refractivity contribution in [1.82, 2.24) is 4.90 Å². The van der Waals surface area contributed by atoms with Crippen LogP contribution in [0.2, 0.25) is 0 Å². The molecule has 9 nitrogen and oxygen atoms in total. The fourth-order valence-electron chi connectivity index (χ4n) is 6.07. The molecule has 0 unspecified atom stereocenters. The van der Waals surface area contributed by atoms with E-state index in [4.69, 9.17) is 5.73 Å². The van der Waals surface area contributed by atoms with Crippen molar-refractivity contribution in [2.75, 3.05) is 14.1 Å². The van der Waals surface area contributed by atoms with Crippen LogP contribution in [-0.4, -0.2) is 68.5 Å². The molecule has 4 atom stereocenters. The Morgan fingerprint density at radius 1 is 1.17 bits per heavy atom. The lowest BCUT2D eigenvalue weighted by atomic mass is 9.57. The Bertz CT molecular complexity index is 1250. The molecule has 1 saturated carbocycles. The zero-order valence-corrected chi connectivity index (χ0v) is 20.8. The number of ketones is 2. The molecule has 9 heteroatoms. The van der Waals surface area contributed by atoms with E-state index >= 15 is 0 Å². The van der Waals surface area contributed by atoms with Crippen LogP contribution < -0.4 is 5.73 Å². The van der Waals surface area contributed by atoms with Gasteiger partial charge in [-0.15, -0.1) is 0 Å². The highest BCUT2D eigenvalue weighted by Gasteiger charge is 2.64. The SMILES string of the molecule is Cc1cc(C(C)(C)C)c(O)c2c1C[C@H]1C[C@@H]3[C@@H](N(C)C)C(=O)C(C(N)=O)=C(O)[C@]3(O)C(=O)C1=C2O. The fraction of sp³-hybridized carbons (Fsp3) is 0.500. The molecule has 1 aromatic carbocycles. The van der Waals surface area contributed by atoms with Gasteiger partial charge in [-0.3, -0.25) is 19.3 Å². The van der Waals surface area contributed by atoms with Gasteiger partial charge in [0.2, 0.25) is 5.78 Å². The van der Waals surface area contributed by atoms with Crippen molar-refractivity contribution in [1.29, 1.82) is 0 Å². The number of amides is 1. The molecule has 3 aliphatic carbocycles. The van der Waals surface area contributed by atoms with Crippen molar-refractivity contribution in [3.05, 3.63) is 45.2 Å². The Kier molecular flexibility index (Phi) is 5.46. The largest absolute Gasteiger partial charge is 0.508 e. The third-order valence-corrected chi connectivity index (χ3v) is 7.75. The van der Waals surface area contributed by atoms with Gasteiger partial charge in [-0.2, -0.15) is 0 Å². The van der Waals surface area contributed by atoms with Crippen LogP contribution in [0.1, 0.15) is 49.4 Å². The zero-order chi connectivity index (χ0) is 26.4. The number of rotatable bonds is 2. The molecule has 0 aliphatic heterocycles. The summed E-state index contributed by atoms with van der Waals surface area (Å²) in [4.78, 5) is 40.5. The second kappa shape index (κ2) is 7.66. The van der Waals surface area contributed by atoms with Gasteiger partial charge in [-0.05, 0) is 56.3 Å². The predicted molar refractivity (Wildman–Crippen MR) is 128 cm³/mol. The van der Waals surface area contributed by atoms with E-state index in [1.807, 2.05) is 33.8 Å². The topological polar surface area (TPSA) is 161 Å². The lowest BCUT2D eigenvalue weighted by Gasteiger charge is -2.50. The number of carbonyl (C=O) groups excluding carboxylic acids is 3. The maximum Gasteiger partial charge on any atom is 0.255 e. The number of phenols is 1. The highest BCUT2D eigenvalue weighted by atomic mass is 16.3. The van der Waals surface area contributed by atoms with Crippen LogP contribution in [0, 0.1) is 18.8 Å². The number of primary amides is 1. The molecular formula is C26H32N2O7.